The molecule has 0 amide bonds. The Hall–Kier alpha value is -2.54. The number of hydrogen-bond donors (Lipinski definition) is 0. The van der Waals surface area contributed by atoms with Crippen LogP contribution in [0.25, 0.3) is 33.5 Å². The molecule has 1 radical (unpaired) electrons. The van der Waals surface area contributed by atoms with E-state index in [1.54, 1.807) is 0 Å². The van der Waals surface area contributed by atoms with Crippen molar-refractivity contribution in [3.05, 3.63) is 102 Å². The van der Waals surface area contributed by atoms with Crippen molar-refractivity contribution in [2.45, 2.75) is 13.8 Å². The van der Waals surface area contributed by atoms with E-state index in [0.717, 1.165) is 11.3 Å². The summed E-state index contributed by atoms with van der Waals surface area (Å²) in [5.41, 5.74) is 9.33. The Labute approximate surface area is 174 Å². The smallest absolute Gasteiger partial charge is 0.0166 e. The van der Waals surface area contributed by atoms with E-state index < -0.39 is 0 Å². The maximum Gasteiger partial charge on any atom is 0.0166 e. The third kappa shape index (κ3) is 4.24. The second-order valence-electron chi connectivity index (χ2n) is 6.61. The molecule has 4 rings (SSSR count). The average molecular weight is 527 g/mol. The second kappa shape index (κ2) is 8.43. The van der Waals surface area contributed by atoms with Crippen molar-refractivity contribution >= 4 is 0 Å². The number of pyridine rings is 1. The van der Waals surface area contributed by atoms with E-state index in [4.69, 9.17) is 0 Å². The summed E-state index contributed by atoms with van der Waals surface area (Å²) in [5.74, 6) is 0. The summed E-state index contributed by atoms with van der Waals surface area (Å²) in [6.07, 6.45) is 1.87. The Bertz CT molecular complexity index is 1050. The van der Waals surface area contributed by atoms with Crippen LogP contribution in [0, 0.1) is 19.9 Å². The van der Waals surface area contributed by atoms with Crippen LogP contribution in [-0.4, -0.2) is 4.98 Å². The Balaban J connectivity index is 0.00000210. The van der Waals surface area contributed by atoms with Crippen LogP contribution in [0.5, 0.6) is 0 Å². The van der Waals surface area contributed by atoms with E-state index in [2.05, 4.69) is 85.6 Å². The predicted molar refractivity (Wildman–Crippen MR) is 109 cm³/mol. The van der Waals surface area contributed by atoms with Gasteiger partial charge in [-0.1, -0.05) is 60.2 Å². The van der Waals surface area contributed by atoms with Gasteiger partial charge in [0.05, 0.1) is 0 Å². The number of benzene rings is 3. The Morgan fingerprint density at radius 3 is 2.37 bits per heavy atom. The molecule has 0 fully saturated rings. The number of rotatable bonds is 3. The minimum Gasteiger partial charge on any atom is -0.305 e. The van der Waals surface area contributed by atoms with Gasteiger partial charge in [0.25, 0.3) is 0 Å². The number of nitrogens with zero attached hydrogens (tertiary/aromatic N) is 1. The van der Waals surface area contributed by atoms with Crippen molar-refractivity contribution in [2.75, 3.05) is 0 Å². The van der Waals surface area contributed by atoms with Crippen molar-refractivity contribution in [1.82, 2.24) is 4.98 Å². The molecule has 1 heterocycles. The van der Waals surface area contributed by atoms with Crippen LogP contribution < -0.4 is 0 Å². The molecular weight excluding hydrogens is 506 g/mol. The van der Waals surface area contributed by atoms with Crippen molar-refractivity contribution in [1.29, 1.82) is 0 Å². The van der Waals surface area contributed by atoms with E-state index in [9.17, 15) is 0 Å². The molecule has 0 N–H and O–H groups in total. The maximum absolute atomic E-state index is 4.58. The van der Waals surface area contributed by atoms with Gasteiger partial charge < -0.3 is 4.98 Å². The number of hydrogen-bond acceptors (Lipinski definition) is 1. The second-order valence-corrected chi connectivity index (χ2v) is 6.61. The molecule has 0 atom stereocenters. The monoisotopic (exact) mass is 527 g/mol. The first-order valence-corrected chi connectivity index (χ1v) is 8.82. The summed E-state index contributed by atoms with van der Waals surface area (Å²) in [6, 6.07) is 30.8. The molecular formula is C25H20IrN-. The quantitative estimate of drug-likeness (QED) is 0.278. The van der Waals surface area contributed by atoms with Gasteiger partial charge in [0.15, 0.2) is 0 Å². The van der Waals surface area contributed by atoms with E-state index in [1.807, 2.05) is 24.4 Å². The van der Waals surface area contributed by atoms with Crippen LogP contribution in [0.15, 0.2) is 85.1 Å². The molecule has 2 heteroatoms. The molecule has 0 bridgehead atoms. The minimum absolute atomic E-state index is 0. The van der Waals surface area contributed by atoms with E-state index >= 15 is 0 Å². The molecule has 0 aliphatic rings. The van der Waals surface area contributed by atoms with E-state index in [0.29, 0.717) is 0 Å². The SMILES string of the molecule is Cc1ccc(C)c(-c2cc[c-]c(-c3cc(-c4ccccc4)ccn3)c2)c1.[Ir]. The number of aromatic nitrogens is 1. The van der Waals surface area contributed by atoms with Crippen LogP contribution in [-0.2, 0) is 20.1 Å². The molecule has 0 unspecified atom stereocenters. The van der Waals surface area contributed by atoms with Gasteiger partial charge in [-0.3, -0.25) is 0 Å². The fourth-order valence-electron chi connectivity index (χ4n) is 3.22. The first kappa shape index (κ1) is 19.2. The largest absolute Gasteiger partial charge is 0.305 e. The molecule has 0 aliphatic carbocycles. The van der Waals surface area contributed by atoms with Gasteiger partial charge in [0.2, 0.25) is 0 Å². The summed E-state index contributed by atoms with van der Waals surface area (Å²) in [6.45, 7) is 4.28. The first-order valence-electron chi connectivity index (χ1n) is 8.82. The first-order chi connectivity index (χ1) is 12.7. The van der Waals surface area contributed by atoms with Gasteiger partial charge in [-0.2, -0.15) is 0 Å². The van der Waals surface area contributed by atoms with Gasteiger partial charge in [-0.15, -0.1) is 35.4 Å². The van der Waals surface area contributed by atoms with Crippen LogP contribution in [0.2, 0.25) is 0 Å². The van der Waals surface area contributed by atoms with Gasteiger partial charge in [-0.05, 0) is 47.9 Å². The van der Waals surface area contributed by atoms with Crippen molar-refractivity contribution in [2.24, 2.45) is 0 Å². The van der Waals surface area contributed by atoms with Crippen molar-refractivity contribution in [3.8, 4) is 33.5 Å². The predicted octanol–water partition coefficient (Wildman–Crippen LogP) is 6.50. The number of aryl methyl sites for hydroxylation is 2. The molecule has 1 aromatic heterocycles. The summed E-state index contributed by atoms with van der Waals surface area (Å²) in [5, 5.41) is 0. The Kier molecular flexibility index (Phi) is 6.01. The average Bonchev–Trinajstić information content (AvgIpc) is 2.71. The molecule has 0 saturated heterocycles. The molecule has 27 heavy (non-hydrogen) atoms. The maximum atomic E-state index is 4.58. The standard InChI is InChI=1S/C25H20N.Ir/c1-18-11-12-19(2)24(15-18)22-9-6-10-23(16-22)25-17-21(13-14-26-25)20-7-4-3-5-8-20;/h3-9,11-17H,1-2H3;/q-1;. The third-order valence-corrected chi connectivity index (χ3v) is 4.65. The third-order valence-electron chi connectivity index (χ3n) is 4.65. The summed E-state index contributed by atoms with van der Waals surface area (Å²) >= 11 is 0. The van der Waals surface area contributed by atoms with E-state index in [1.165, 1.54) is 33.4 Å². The molecule has 135 valence electrons. The Morgan fingerprint density at radius 1 is 0.741 bits per heavy atom. The molecule has 1 nitrogen and oxygen atoms in total. The van der Waals surface area contributed by atoms with Gasteiger partial charge in [-0.25, -0.2) is 0 Å². The molecule has 0 aliphatic heterocycles. The van der Waals surface area contributed by atoms with Crippen LogP contribution >= 0.6 is 0 Å². The van der Waals surface area contributed by atoms with Crippen LogP contribution in [0.1, 0.15) is 11.1 Å². The zero-order valence-corrected chi connectivity index (χ0v) is 17.8. The summed E-state index contributed by atoms with van der Waals surface area (Å²) in [7, 11) is 0. The van der Waals surface area contributed by atoms with Crippen LogP contribution in [0.3, 0.4) is 0 Å². The van der Waals surface area contributed by atoms with Gasteiger partial charge >= 0.3 is 0 Å². The minimum atomic E-state index is 0. The van der Waals surface area contributed by atoms with Crippen molar-refractivity contribution < 1.29 is 20.1 Å². The fourth-order valence-corrected chi connectivity index (χ4v) is 3.22. The fraction of sp³-hybridized carbons (Fsp3) is 0.0800. The summed E-state index contributed by atoms with van der Waals surface area (Å²) in [4.78, 5) is 4.58. The van der Waals surface area contributed by atoms with Gasteiger partial charge in [0, 0.05) is 26.3 Å². The van der Waals surface area contributed by atoms with Crippen molar-refractivity contribution in [3.63, 3.8) is 0 Å². The Morgan fingerprint density at radius 2 is 1.56 bits per heavy atom. The summed E-state index contributed by atoms with van der Waals surface area (Å²) < 4.78 is 0. The molecule has 0 spiro atoms. The van der Waals surface area contributed by atoms with Crippen LogP contribution in [0.4, 0.5) is 0 Å². The topological polar surface area (TPSA) is 12.9 Å². The zero-order chi connectivity index (χ0) is 17.9. The van der Waals surface area contributed by atoms with E-state index in [-0.39, 0.29) is 20.1 Å². The zero-order valence-electron chi connectivity index (χ0n) is 15.4. The normalized spacial score (nSPS) is 10.3. The van der Waals surface area contributed by atoms with Gasteiger partial charge in [0.1, 0.15) is 0 Å². The molecule has 4 aromatic rings. The molecule has 0 saturated carbocycles. The molecule has 3 aromatic carbocycles.